The fourth-order valence-corrected chi connectivity index (χ4v) is 0.172. The minimum atomic E-state index is -1.34. The largest absolute Gasteiger partial charge is 0.597 e. The van der Waals surface area contributed by atoms with Crippen molar-refractivity contribution >= 4 is 5.97 Å². The van der Waals surface area contributed by atoms with Crippen molar-refractivity contribution in [1.29, 1.82) is 0 Å². The van der Waals surface area contributed by atoms with E-state index >= 15 is 0 Å². The molecule has 0 heterocycles. The minimum Gasteiger partial charge on any atom is -0.597 e. The molecule has 1 atom stereocenters. The maximum atomic E-state index is 10.1. The number of hydroxylamine groups is 1. The van der Waals surface area contributed by atoms with E-state index in [1.165, 1.54) is 0 Å². The SMILES string of the molecule is CC(C(=O)O)[N+]([O-])=NO. The number of rotatable bonds is 2. The standard InChI is InChI=1S/C3H6N2O4/c1-2(3(6)7)5(9)4-8/h2,8H,1H3,(H,6,7). The number of aliphatic carboxylic acids is 1. The number of nitrogens with zero attached hydrogens (tertiary/aromatic N) is 2. The molecule has 0 aliphatic heterocycles. The van der Waals surface area contributed by atoms with Gasteiger partial charge in [0.15, 0.2) is 5.28 Å². The van der Waals surface area contributed by atoms with Gasteiger partial charge in [0.2, 0.25) is 0 Å². The van der Waals surface area contributed by atoms with Gasteiger partial charge < -0.3 is 15.5 Å². The van der Waals surface area contributed by atoms with E-state index in [2.05, 4.69) is 5.28 Å². The lowest BCUT2D eigenvalue weighted by atomic mass is 10.4. The van der Waals surface area contributed by atoms with E-state index in [4.69, 9.17) is 10.3 Å². The lowest BCUT2D eigenvalue weighted by Gasteiger charge is -1.99. The highest BCUT2D eigenvalue weighted by atomic mass is 16.6. The summed E-state index contributed by atoms with van der Waals surface area (Å²) in [5, 5.41) is 28.0. The van der Waals surface area contributed by atoms with Gasteiger partial charge in [-0.1, -0.05) is 0 Å². The molecule has 0 spiro atoms. The zero-order valence-corrected chi connectivity index (χ0v) is 4.68. The Kier molecular flexibility index (Phi) is 2.43. The lowest BCUT2D eigenvalue weighted by Crippen LogP contribution is -2.25. The molecule has 0 saturated carbocycles. The molecule has 2 N–H and O–H groups in total. The summed E-state index contributed by atoms with van der Waals surface area (Å²) in [7, 11) is 0. The van der Waals surface area contributed by atoms with Gasteiger partial charge in [-0.25, -0.2) is 4.79 Å². The van der Waals surface area contributed by atoms with Gasteiger partial charge in [0.25, 0.3) is 6.04 Å². The van der Waals surface area contributed by atoms with Crippen LogP contribution in [-0.4, -0.2) is 27.2 Å². The van der Waals surface area contributed by atoms with Crippen LogP contribution in [0, 0.1) is 5.21 Å². The van der Waals surface area contributed by atoms with E-state index in [0.717, 1.165) is 6.92 Å². The van der Waals surface area contributed by atoms with E-state index in [0.29, 0.717) is 0 Å². The molecule has 0 aromatic rings. The van der Waals surface area contributed by atoms with Gasteiger partial charge >= 0.3 is 5.97 Å². The second-order valence-corrected chi connectivity index (χ2v) is 1.41. The smallest absolute Gasteiger partial charge is 0.376 e. The first kappa shape index (κ1) is 7.67. The van der Waals surface area contributed by atoms with Gasteiger partial charge in [0.1, 0.15) is 0 Å². The molecule has 0 aliphatic carbocycles. The molecule has 0 radical (unpaired) electrons. The fraction of sp³-hybridized carbons (Fsp3) is 0.667. The predicted molar refractivity (Wildman–Crippen MR) is 24.9 cm³/mol. The highest BCUT2D eigenvalue weighted by Crippen LogP contribution is 1.87. The van der Waals surface area contributed by atoms with Crippen LogP contribution in [0.3, 0.4) is 0 Å². The third-order valence-corrected chi connectivity index (χ3v) is 0.777. The van der Waals surface area contributed by atoms with Crippen LogP contribution < -0.4 is 0 Å². The minimum absolute atomic E-state index is 0.303. The van der Waals surface area contributed by atoms with Gasteiger partial charge in [-0.3, -0.25) is 0 Å². The Balaban J connectivity index is 4.04. The quantitative estimate of drug-likeness (QED) is 0.311. The van der Waals surface area contributed by atoms with Gasteiger partial charge in [-0.05, 0) is 4.86 Å². The Morgan fingerprint density at radius 1 is 1.89 bits per heavy atom. The molecular weight excluding hydrogens is 128 g/mol. The van der Waals surface area contributed by atoms with Crippen LogP contribution in [0.2, 0.25) is 0 Å². The molecule has 0 aromatic carbocycles. The number of carbonyl (C=O) groups is 1. The van der Waals surface area contributed by atoms with Gasteiger partial charge in [-0.2, -0.15) is 0 Å². The van der Waals surface area contributed by atoms with Crippen molar-refractivity contribution in [2.45, 2.75) is 13.0 Å². The van der Waals surface area contributed by atoms with Gasteiger partial charge in [0, 0.05) is 6.92 Å². The van der Waals surface area contributed by atoms with Crippen molar-refractivity contribution in [2.24, 2.45) is 5.28 Å². The highest BCUT2D eigenvalue weighted by Gasteiger charge is 2.20. The van der Waals surface area contributed by atoms with Crippen molar-refractivity contribution in [2.75, 3.05) is 0 Å². The maximum absolute atomic E-state index is 10.1. The first-order valence-electron chi connectivity index (χ1n) is 2.13. The van der Waals surface area contributed by atoms with E-state index in [9.17, 15) is 10.0 Å². The summed E-state index contributed by atoms with van der Waals surface area (Å²) in [6.45, 7) is 1.11. The third-order valence-electron chi connectivity index (χ3n) is 0.777. The van der Waals surface area contributed by atoms with Crippen molar-refractivity contribution in [3.8, 4) is 0 Å². The Labute approximate surface area is 50.6 Å². The Morgan fingerprint density at radius 3 is 2.44 bits per heavy atom. The van der Waals surface area contributed by atoms with Crippen LogP contribution in [0.15, 0.2) is 5.28 Å². The van der Waals surface area contributed by atoms with E-state index in [-0.39, 0.29) is 4.86 Å². The second kappa shape index (κ2) is 2.85. The van der Waals surface area contributed by atoms with Crippen LogP contribution in [0.5, 0.6) is 0 Å². The van der Waals surface area contributed by atoms with Crippen molar-refractivity contribution < 1.29 is 20.0 Å². The van der Waals surface area contributed by atoms with Crippen molar-refractivity contribution in [3.63, 3.8) is 0 Å². The van der Waals surface area contributed by atoms with Crippen LogP contribution in [0.1, 0.15) is 6.92 Å². The monoisotopic (exact) mass is 134 g/mol. The third kappa shape index (κ3) is 1.94. The molecule has 0 fully saturated rings. The van der Waals surface area contributed by atoms with Crippen LogP contribution in [0.25, 0.3) is 0 Å². The average molecular weight is 134 g/mol. The molecule has 0 aromatic heterocycles. The summed E-state index contributed by atoms with van der Waals surface area (Å²) >= 11 is 0. The Hall–Kier alpha value is -1.33. The van der Waals surface area contributed by atoms with Crippen molar-refractivity contribution in [3.05, 3.63) is 5.21 Å². The second-order valence-electron chi connectivity index (χ2n) is 1.41. The first-order chi connectivity index (χ1) is 4.09. The number of hydrogen-bond donors (Lipinski definition) is 2. The Morgan fingerprint density at radius 2 is 2.33 bits per heavy atom. The average Bonchev–Trinajstić information content (AvgIpc) is 1.84. The summed E-state index contributed by atoms with van der Waals surface area (Å²) < 4.78 is 0. The molecule has 52 valence electrons. The summed E-state index contributed by atoms with van der Waals surface area (Å²) in [6.07, 6.45) is 0. The fourth-order valence-electron chi connectivity index (χ4n) is 0.172. The lowest BCUT2D eigenvalue weighted by molar-refractivity contribution is -0.576. The summed E-state index contributed by atoms with van der Waals surface area (Å²) in [5.74, 6) is -1.33. The van der Waals surface area contributed by atoms with E-state index in [1.54, 1.807) is 0 Å². The molecule has 0 aliphatic rings. The Bertz CT molecular complexity index is 143. The van der Waals surface area contributed by atoms with Crippen LogP contribution in [0.4, 0.5) is 0 Å². The number of carboxylic acid groups (broad SMARTS) is 1. The predicted octanol–water partition coefficient (Wildman–Crippen LogP) is -0.189. The number of carboxylic acids is 1. The molecule has 0 saturated heterocycles. The summed E-state index contributed by atoms with van der Waals surface area (Å²) in [6, 6.07) is -1.34. The topological polar surface area (TPSA) is 96.0 Å². The molecule has 6 nitrogen and oxygen atoms in total. The molecule has 0 amide bonds. The zero-order chi connectivity index (χ0) is 7.44. The molecule has 1 unspecified atom stereocenters. The normalized spacial score (nSPS) is 15.0. The number of hydrogen-bond acceptors (Lipinski definition) is 3. The molecule has 9 heavy (non-hydrogen) atoms. The van der Waals surface area contributed by atoms with Crippen molar-refractivity contribution in [1.82, 2.24) is 0 Å². The maximum Gasteiger partial charge on any atom is 0.376 e. The van der Waals surface area contributed by atoms with Gasteiger partial charge in [0.05, 0.1) is 0 Å². The van der Waals surface area contributed by atoms with Crippen LogP contribution in [-0.2, 0) is 4.79 Å². The van der Waals surface area contributed by atoms with Crippen LogP contribution >= 0.6 is 0 Å². The highest BCUT2D eigenvalue weighted by molar-refractivity contribution is 5.71. The zero-order valence-electron chi connectivity index (χ0n) is 4.68. The van der Waals surface area contributed by atoms with E-state index < -0.39 is 12.0 Å². The van der Waals surface area contributed by atoms with Gasteiger partial charge in [-0.15, -0.1) is 0 Å². The summed E-state index contributed by atoms with van der Waals surface area (Å²) in [4.78, 5) is 9.58. The van der Waals surface area contributed by atoms with E-state index in [1.807, 2.05) is 0 Å². The molecule has 0 bridgehead atoms. The molecule has 0 rings (SSSR count). The first-order valence-corrected chi connectivity index (χ1v) is 2.13. The summed E-state index contributed by atoms with van der Waals surface area (Å²) in [5.41, 5.74) is 0. The molecular formula is C3H6N2O4. The molecule has 6 heteroatoms.